The molecular weight excluding hydrogens is 405 g/mol. The second-order valence-corrected chi connectivity index (χ2v) is 8.06. The number of hydrogen-bond donors (Lipinski definition) is 2. The number of hydroxylamine groups is 2. The molecule has 13 heteroatoms. The molecule has 0 radical (unpaired) electrons. The minimum atomic E-state index is -4.43. The third-order valence-electron chi connectivity index (χ3n) is 4.55. The Kier molecular flexibility index (Phi) is 5.36. The molecule has 2 aliphatic heterocycles. The molecule has 2 amide bonds. The van der Waals surface area contributed by atoms with Gasteiger partial charge < -0.3 is 4.90 Å². The van der Waals surface area contributed by atoms with Crippen molar-refractivity contribution in [3.8, 4) is 0 Å². The third-order valence-corrected chi connectivity index (χ3v) is 6.18. The van der Waals surface area contributed by atoms with Crippen LogP contribution in [0.25, 0.3) is 0 Å². The van der Waals surface area contributed by atoms with Crippen LogP contribution in [0.1, 0.15) is 12.0 Å². The van der Waals surface area contributed by atoms with Gasteiger partial charge in [0.15, 0.2) is 0 Å². The second-order valence-electron chi connectivity index (χ2n) is 6.35. The summed E-state index contributed by atoms with van der Waals surface area (Å²) in [6, 6.07) is 3.20. The van der Waals surface area contributed by atoms with E-state index in [-0.39, 0.29) is 31.2 Å². The number of hydrogen-bond acceptors (Lipinski definition) is 6. The first kappa shape index (κ1) is 20.5. The number of anilines is 1. The van der Waals surface area contributed by atoms with Crippen LogP contribution in [0, 0.1) is 0 Å². The van der Waals surface area contributed by atoms with Crippen LogP contribution in [0.3, 0.4) is 0 Å². The monoisotopic (exact) mass is 422 g/mol. The Bertz CT molecular complexity index is 867. The predicted molar refractivity (Wildman–Crippen MR) is 89.3 cm³/mol. The number of benzene rings is 1. The number of carbonyl (C=O) groups excluding carboxylic acids is 2. The van der Waals surface area contributed by atoms with Crippen LogP contribution < -0.4 is 9.62 Å². The van der Waals surface area contributed by atoms with Gasteiger partial charge in [-0.2, -0.15) is 35.7 Å². The van der Waals surface area contributed by atoms with Gasteiger partial charge in [-0.25, -0.2) is 0 Å². The van der Waals surface area contributed by atoms with E-state index in [0.29, 0.717) is 5.69 Å². The van der Waals surface area contributed by atoms with Crippen LogP contribution in [-0.4, -0.2) is 67.0 Å². The van der Waals surface area contributed by atoms with Gasteiger partial charge in [0.2, 0.25) is 0 Å². The first-order chi connectivity index (χ1) is 13.0. The smallest absolute Gasteiger partial charge is 0.369 e. The highest BCUT2D eigenvalue weighted by Gasteiger charge is 2.42. The maximum Gasteiger partial charge on any atom is 0.416 e. The van der Waals surface area contributed by atoms with Crippen molar-refractivity contribution in [2.75, 3.05) is 31.1 Å². The first-order valence-electron chi connectivity index (χ1n) is 8.24. The number of amides is 2. The highest BCUT2D eigenvalue weighted by atomic mass is 32.2. The standard InChI is InChI=1S/C15H17F3N4O5S/c16-15(17,18)10-1-3-11(4-2-10)20-5-7-21(8-6-20)28(26,27)19-12-9-13(23)22(25)14(12)24/h1-4,12,19,25H,5-9H2/t12-/m1/s1. The van der Waals surface area contributed by atoms with Crippen LogP contribution in [0.2, 0.25) is 0 Å². The number of halogens is 3. The minimum absolute atomic E-state index is 0.0358. The molecule has 0 saturated carbocycles. The first-order valence-corrected chi connectivity index (χ1v) is 9.68. The summed E-state index contributed by atoms with van der Waals surface area (Å²) in [5.74, 6) is -1.94. The Balaban J connectivity index is 1.60. The topological polar surface area (TPSA) is 110 Å². The van der Waals surface area contributed by atoms with E-state index in [9.17, 15) is 36.4 Å². The van der Waals surface area contributed by atoms with E-state index in [1.165, 1.54) is 12.1 Å². The molecule has 154 valence electrons. The summed E-state index contributed by atoms with van der Waals surface area (Å²) in [5, 5.41) is 9.07. The second kappa shape index (κ2) is 7.31. The molecule has 0 aliphatic carbocycles. The fourth-order valence-corrected chi connectivity index (χ4v) is 4.35. The molecule has 2 saturated heterocycles. The quantitative estimate of drug-likeness (QED) is 0.529. The van der Waals surface area contributed by atoms with Crippen molar-refractivity contribution in [1.82, 2.24) is 14.1 Å². The lowest BCUT2D eigenvalue weighted by atomic mass is 10.2. The van der Waals surface area contributed by atoms with E-state index in [0.717, 1.165) is 16.4 Å². The summed E-state index contributed by atoms with van der Waals surface area (Å²) in [5.41, 5.74) is -0.235. The van der Waals surface area contributed by atoms with Crippen molar-refractivity contribution in [1.29, 1.82) is 0 Å². The number of nitrogens with zero attached hydrogens (tertiary/aromatic N) is 3. The third kappa shape index (κ3) is 4.11. The minimum Gasteiger partial charge on any atom is -0.369 e. The van der Waals surface area contributed by atoms with Gasteiger partial charge in [-0.3, -0.25) is 14.8 Å². The Hall–Kier alpha value is -2.22. The van der Waals surface area contributed by atoms with Gasteiger partial charge in [-0.15, -0.1) is 0 Å². The largest absolute Gasteiger partial charge is 0.416 e. The fourth-order valence-electron chi connectivity index (χ4n) is 3.01. The summed E-state index contributed by atoms with van der Waals surface area (Å²) < 4.78 is 65.9. The molecule has 2 fully saturated rings. The molecule has 2 N–H and O–H groups in total. The summed E-state index contributed by atoms with van der Waals surface area (Å²) >= 11 is 0. The molecule has 0 spiro atoms. The zero-order valence-electron chi connectivity index (χ0n) is 14.4. The summed E-state index contributed by atoms with van der Waals surface area (Å²) in [6.45, 7) is 0.536. The van der Waals surface area contributed by atoms with E-state index >= 15 is 0 Å². The molecule has 2 heterocycles. The summed E-state index contributed by atoms with van der Waals surface area (Å²) in [4.78, 5) is 24.6. The number of carbonyl (C=O) groups is 2. The molecule has 28 heavy (non-hydrogen) atoms. The zero-order valence-corrected chi connectivity index (χ0v) is 15.2. The van der Waals surface area contributed by atoms with Gasteiger partial charge in [0, 0.05) is 31.9 Å². The highest BCUT2D eigenvalue weighted by molar-refractivity contribution is 7.87. The molecule has 1 atom stereocenters. The van der Waals surface area contributed by atoms with Gasteiger partial charge in [-0.05, 0) is 24.3 Å². The highest BCUT2D eigenvalue weighted by Crippen LogP contribution is 2.30. The fraction of sp³-hybridized carbons (Fsp3) is 0.467. The summed E-state index contributed by atoms with van der Waals surface area (Å²) in [6.07, 6.45) is -4.90. The Morgan fingerprint density at radius 2 is 1.61 bits per heavy atom. The molecule has 3 rings (SSSR count). The van der Waals surface area contributed by atoms with Crippen LogP contribution in [-0.2, 0) is 26.0 Å². The maximum atomic E-state index is 12.6. The number of imide groups is 1. The van der Waals surface area contributed by atoms with Crippen molar-refractivity contribution in [2.24, 2.45) is 0 Å². The summed E-state index contributed by atoms with van der Waals surface area (Å²) in [7, 11) is -4.08. The van der Waals surface area contributed by atoms with E-state index < -0.39 is 46.2 Å². The molecule has 0 unspecified atom stereocenters. The molecule has 0 bridgehead atoms. The average molecular weight is 422 g/mol. The lowest BCUT2D eigenvalue weighted by Gasteiger charge is -2.35. The van der Waals surface area contributed by atoms with Crippen molar-refractivity contribution in [3.63, 3.8) is 0 Å². The molecule has 0 aromatic heterocycles. The Labute approximate surface area is 158 Å². The van der Waals surface area contributed by atoms with Crippen LogP contribution >= 0.6 is 0 Å². The normalized spacial score (nSPS) is 22.2. The van der Waals surface area contributed by atoms with Crippen LogP contribution in [0.15, 0.2) is 24.3 Å². The van der Waals surface area contributed by atoms with Gasteiger partial charge >= 0.3 is 6.18 Å². The van der Waals surface area contributed by atoms with E-state index in [4.69, 9.17) is 0 Å². The van der Waals surface area contributed by atoms with Gasteiger partial charge in [0.05, 0.1) is 12.0 Å². The molecule has 2 aliphatic rings. The van der Waals surface area contributed by atoms with Crippen molar-refractivity contribution in [3.05, 3.63) is 29.8 Å². The Morgan fingerprint density at radius 1 is 1.04 bits per heavy atom. The number of nitrogens with one attached hydrogen (secondary N) is 1. The van der Waals surface area contributed by atoms with Crippen LogP contribution in [0.4, 0.5) is 18.9 Å². The SMILES string of the molecule is O=C1C[C@@H](NS(=O)(=O)N2CCN(c3ccc(C(F)(F)F)cc3)CC2)C(=O)N1O. The average Bonchev–Trinajstić information content (AvgIpc) is 2.87. The number of alkyl halides is 3. The van der Waals surface area contributed by atoms with Crippen molar-refractivity contribution in [2.45, 2.75) is 18.6 Å². The van der Waals surface area contributed by atoms with E-state index in [1.807, 2.05) is 0 Å². The lowest BCUT2D eigenvalue weighted by Crippen LogP contribution is -2.54. The number of rotatable bonds is 4. The predicted octanol–water partition coefficient (Wildman–Crippen LogP) is 0.179. The van der Waals surface area contributed by atoms with E-state index in [2.05, 4.69) is 4.72 Å². The van der Waals surface area contributed by atoms with Crippen molar-refractivity contribution < 1.29 is 36.4 Å². The van der Waals surface area contributed by atoms with Crippen LogP contribution in [0.5, 0.6) is 0 Å². The lowest BCUT2D eigenvalue weighted by molar-refractivity contribution is -0.171. The number of piperazine rings is 1. The van der Waals surface area contributed by atoms with Gasteiger partial charge in [-0.1, -0.05) is 0 Å². The maximum absolute atomic E-state index is 12.6. The molecule has 9 nitrogen and oxygen atoms in total. The van der Waals surface area contributed by atoms with Gasteiger partial charge in [0.1, 0.15) is 6.04 Å². The molecular formula is C15H17F3N4O5S. The van der Waals surface area contributed by atoms with Gasteiger partial charge in [0.25, 0.3) is 22.0 Å². The Morgan fingerprint density at radius 3 is 2.07 bits per heavy atom. The van der Waals surface area contributed by atoms with Crippen molar-refractivity contribution >= 4 is 27.7 Å². The zero-order chi connectivity index (χ0) is 20.7. The van der Waals surface area contributed by atoms with E-state index in [1.54, 1.807) is 4.90 Å². The molecule has 1 aromatic carbocycles. The molecule has 1 aromatic rings.